The summed E-state index contributed by atoms with van der Waals surface area (Å²) in [7, 11) is 0. The molecule has 0 N–H and O–H groups in total. The number of rotatable bonds is 1. The highest BCUT2D eigenvalue weighted by molar-refractivity contribution is 6.30. The molecule has 0 amide bonds. The van der Waals surface area contributed by atoms with Crippen molar-refractivity contribution in [3.63, 3.8) is 0 Å². The molecule has 0 unspecified atom stereocenters. The monoisotopic (exact) mass is 240 g/mol. The van der Waals surface area contributed by atoms with Crippen molar-refractivity contribution in [3.05, 3.63) is 70.2 Å². The van der Waals surface area contributed by atoms with E-state index in [0.717, 1.165) is 17.4 Å². The molecule has 0 saturated heterocycles. The van der Waals surface area contributed by atoms with Crippen molar-refractivity contribution >= 4 is 17.9 Å². The van der Waals surface area contributed by atoms with Crippen molar-refractivity contribution in [2.24, 2.45) is 0 Å². The molecule has 0 radical (unpaired) electrons. The van der Waals surface area contributed by atoms with Crippen LogP contribution in [0.2, 0.25) is 5.02 Å². The van der Waals surface area contributed by atoms with Crippen LogP contribution in [-0.2, 0) is 0 Å². The molecule has 82 valence electrons. The third-order valence-corrected chi connectivity index (χ3v) is 2.47. The van der Waals surface area contributed by atoms with Crippen LogP contribution in [0.25, 0.3) is 0 Å². The maximum atomic E-state index is 10.6. The first-order chi connectivity index (χ1) is 8.28. The van der Waals surface area contributed by atoms with Crippen molar-refractivity contribution in [1.29, 1.82) is 0 Å². The van der Waals surface area contributed by atoms with Crippen LogP contribution >= 0.6 is 11.6 Å². The second kappa shape index (κ2) is 5.34. The molecule has 0 spiro atoms. The first-order valence-corrected chi connectivity index (χ1v) is 5.48. The molecule has 2 aromatic rings. The van der Waals surface area contributed by atoms with E-state index in [1.54, 1.807) is 24.3 Å². The van der Waals surface area contributed by atoms with Gasteiger partial charge in [0.1, 0.15) is 6.29 Å². The Balaban J connectivity index is 2.26. The van der Waals surface area contributed by atoms with Crippen LogP contribution in [0, 0.1) is 11.8 Å². The number of halogens is 1. The van der Waals surface area contributed by atoms with Gasteiger partial charge in [0.25, 0.3) is 0 Å². The number of carbonyl (C=O) groups is 1. The van der Waals surface area contributed by atoms with E-state index in [9.17, 15) is 4.79 Å². The molecular formula is C15H9ClO. The van der Waals surface area contributed by atoms with Gasteiger partial charge >= 0.3 is 0 Å². The molecule has 0 heterocycles. The Hall–Kier alpha value is -2.04. The Morgan fingerprint density at radius 3 is 2.35 bits per heavy atom. The highest BCUT2D eigenvalue weighted by atomic mass is 35.5. The Morgan fingerprint density at radius 2 is 1.65 bits per heavy atom. The maximum Gasteiger partial charge on any atom is 0.150 e. The van der Waals surface area contributed by atoms with Crippen LogP contribution in [0.15, 0.2) is 48.5 Å². The van der Waals surface area contributed by atoms with Crippen LogP contribution in [0.5, 0.6) is 0 Å². The van der Waals surface area contributed by atoms with Gasteiger partial charge in [-0.05, 0) is 36.4 Å². The Kier molecular flexibility index (Phi) is 3.59. The molecule has 0 saturated carbocycles. The predicted molar refractivity (Wildman–Crippen MR) is 69.3 cm³/mol. The van der Waals surface area contributed by atoms with E-state index in [0.29, 0.717) is 10.6 Å². The van der Waals surface area contributed by atoms with E-state index in [-0.39, 0.29) is 0 Å². The maximum absolute atomic E-state index is 10.6. The van der Waals surface area contributed by atoms with E-state index in [2.05, 4.69) is 11.8 Å². The number of carbonyl (C=O) groups excluding carboxylic acids is 1. The quantitative estimate of drug-likeness (QED) is 0.550. The van der Waals surface area contributed by atoms with Crippen molar-refractivity contribution in [1.82, 2.24) is 0 Å². The first-order valence-electron chi connectivity index (χ1n) is 5.11. The summed E-state index contributed by atoms with van der Waals surface area (Å²) in [5.74, 6) is 6.02. The van der Waals surface area contributed by atoms with Crippen molar-refractivity contribution in [3.8, 4) is 11.8 Å². The average Bonchev–Trinajstić information content (AvgIpc) is 2.38. The molecule has 0 aliphatic heterocycles. The summed E-state index contributed by atoms with van der Waals surface area (Å²) in [5, 5.41) is 0.693. The number of benzene rings is 2. The molecular weight excluding hydrogens is 232 g/mol. The lowest BCUT2D eigenvalue weighted by molar-refractivity contribution is 0.112. The lowest BCUT2D eigenvalue weighted by atomic mass is 10.1. The van der Waals surface area contributed by atoms with E-state index in [1.165, 1.54) is 0 Å². The fourth-order valence-electron chi connectivity index (χ4n) is 1.37. The van der Waals surface area contributed by atoms with Gasteiger partial charge in [-0.25, -0.2) is 0 Å². The van der Waals surface area contributed by atoms with E-state index in [4.69, 9.17) is 11.6 Å². The van der Waals surface area contributed by atoms with Gasteiger partial charge < -0.3 is 0 Å². The van der Waals surface area contributed by atoms with Gasteiger partial charge in [-0.3, -0.25) is 4.79 Å². The third kappa shape index (κ3) is 3.21. The largest absolute Gasteiger partial charge is 0.298 e. The van der Waals surface area contributed by atoms with Gasteiger partial charge in [0.2, 0.25) is 0 Å². The molecule has 0 aliphatic carbocycles. The van der Waals surface area contributed by atoms with Gasteiger partial charge in [-0.1, -0.05) is 35.6 Å². The molecule has 2 aromatic carbocycles. The number of hydrogen-bond donors (Lipinski definition) is 0. The van der Waals surface area contributed by atoms with Crippen molar-refractivity contribution in [2.75, 3.05) is 0 Å². The molecule has 2 rings (SSSR count). The topological polar surface area (TPSA) is 17.1 Å². The van der Waals surface area contributed by atoms with Crippen LogP contribution in [0.1, 0.15) is 21.5 Å². The zero-order chi connectivity index (χ0) is 12.1. The second-order valence-corrected chi connectivity index (χ2v) is 3.94. The lowest BCUT2D eigenvalue weighted by Gasteiger charge is -1.92. The fraction of sp³-hybridized carbons (Fsp3) is 0. The molecule has 0 atom stereocenters. The number of aldehydes is 1. The summed E-state index contributed by atoms with van der Waals surface area (Å²) in [6.45, 7) is 0. The van der Waals surface area contributed by atoms with Crippen molar-refractivity contribution in [2.45, 2.75) is 0 Å². The fourth-order valence-corrected chi connectivity index (χ4v) is 1.49. The van der Waals surface area contributed by atoms with Crippen LogP contribution < -0.4 is 0 Å². The molecule has 0 aromatic heterocycles. The number of hydrogen-bond acceptors (Lipinski definition) is 1. The van der Waals surface area contributed by atoms with Crippen molar-refractivity contribution < 1.29 is 4.79 Å². The summed E-state index contributed by atoms with van der Waals surface area (Å²) in [4.78, 5) is 10.6. The van der Waals surface area contributed by atoms with Crippen LogP contribution in [0.4, 0.5) is 0 Å². The zero-order valence-corrected chi connectivity index (χ0v) is 9.74. The summed E-state index contributed by atoms with van der Waals surface area (Å²) < 4.78 is 0. The zero-order valence-electron chi connectivity index (χ0n) is 8.98. The minimum Gasteiger partial charge on any atom is -0.298 e. The third-order valence-electron chi connectivity index (χ3n) is 2.22. The van der Waals surface area contributed by atoms with Gasteiger partial charge in [-0.2, -0.15) is 0 Å². The molecule has 0 fully saturated rings. The SMILES string of the molecule is O=Cc1cccc(C#Cc2ccc(Cl)cc2)c1. The van der Waals surface area contributed by atoms with E-state index in [1.807, 2.05) is 24.3 Å². The summed E-state index contributed by atoms with van der Waals surface area (Å²) >= 11 is 5.78. The highest BCUT2D eigenvalue weighted by Crippen LogP contribution is 2.08. The van der Waals surface area contributed by atoms with Crippen LogP contribution in [-0.4, -0.2) is 6.29 Å². The smallest absolute Gasteiger partial charge is 0.150 e. The summed E-state index contributed by atoms with van der Waals surface area (Å²) in [5.41, 5.74) is 2.35. The lowest BCUT2D eigenvalue weighted by Crippen LogP contribution is -1.81. The molecule has 17 heavy (non-hydrogen) atoms. The Morgan fingerprint density at radius 1 is 0.941 bits per heavy atom. The molecule has 2 heteroatoms. The normalized spacial score (nSPS) is 9.24. The minimum atomic E-state index is 0.632. The standard InChI is InChI=1S/C15H9ClO/c16-15-8-6-12(7-9-15)4-5-13-2-1-3-14(10-13)11-17/h1-3,6-11H. The summed E-state index contributed by atoms with van der Waals surface area (Å²) in [6, 6.07) is 14.5. The van der Waals surface area contributed by atoms with Gasteiger partial charge in [0.15, 0.2) is 0 Å². The molecule has 1 nitrogen and oxygen atoms in total. The molecule has 0 bridgehead atoms. The van der Waals surface area contributed by atoms with E-state index < -0.39 is 0 Å². The first kappa shape index (κ1) is 11.4. The summed E-state index contributed by atoms with van der Waals surface area (Å²) in [6.07, 6.45) is 0.813. The predicted octanol–water partition coefficient (Wildman–Crippen LogP) is 3.55. The second-order valence-electron chi connectivity index (χ2n) is 3.50. The average molecular weight is 241 g/mol. The highest BCUT2D eigenvalue weighted by Gasteiger charge is 1.91. The van der Waals surface area contributed by atoms with Gasteiger partial charge in [0, 0.05) is 21.7 Å². The van der Waals surface area contributed by atoms with E-state index >= 15 is 0 Å². The van der Waals surface area contributed by atoms with Gasteiger partial charge in [-0.15, -0.1) is 0 Å². The van der Waals surface area contributed by atoms with Gasteiger partial charge in [0.05, 0.1) is 0 Å². The Bertz CT molecular complexity index is 588. The van der Waals surface area contributed by atoms with Crippen LogP contribution in [0.3, 0.4) is 0 Å². The molecule has 0 aliphatic rings. The minimum absolute atomic E-state index is 0.632. The Labute approximate surface area is 105 Å².